The van der Waals surface area contributed by atoms with Gasteiger partial charge in [0.1, 0.15) is 0 Å². The first-order chi connectivity index (χ1) is 10.1. The summed E-state index contributed by atoms with van der Waals surface area (Å²) in [6.45, 7) is 5.90. The summed E-state index contributed by atoms with van der Waals surface area (Å²) in [5, 5.41) is 0. The molecule has 1 aromatic rings. The lowest BCUT2D eigenvalue weighted by Gasteiger charge is -2.22. The Morgan fingerprint density at radius 2 is 2.14 bits per heavy atom. The minimum absolute atomic E-state index is 0. The van der Waals surface area contributed by atoms with Gasteiger partial charge in [-0.3, -0.25) is 4.79 Å². The van der Waals surface area contributed by atoms with Crippen LogP contribution in [0.3, 0.4) is 0 Å². The quantitative estimate of drug-likeness (QED) is 0.901. The van der Waals surface area contributed by atoms with Crippen LogP contribution in [0.2, 0.25) is 0 Å². The third-order valence-corrected chi connectivity index (χ3v) is 3.97. The number of likely N-dealkylation sites (tertiary alicyclic amines) is 1. The molecule has 1 heterocycles. The molecule has 0 bridgehead atoms. The Bertz CT molecular complexity index is 510. The normalized spacial score (nSPS) is 20.5. The van der Waals surface area contributed by atoms with Gasteiger partial charge < -0.3 is 20.1 Å². The van der Waals surface area contributed by atoms with Crippen LogP contribution >= 0.6 is 12.4 Å². The Balaban J connectivity index is 0.00000242. The Hall–Kier alpha value is -1.46. The fourth-order valence-electron chi connectivity index (χ4n) is 2.84. The molecule has 6 heteroatoms. The highest BCUT2D eigenvalue weighted by Gasteiger charge is 2.32. The van der Waals surface area contributed by atoms with Gasteiger partial charge in [0, 0.05) is 18.2 Å². The number of nitrogens with two attached hydrogens (primary N) is 1. The number of carbonyl (C=O) groups excluding carboxylic acids is 1. The number of carbonyl (C=O) groups is 1. The van der Waals surface area contributed by atoms with E-state index in [2.05, 4.69) is 6.92 Å². The van der Waals surface area contributed by atoms with Crippen LogP contribution in [0.5, 0.6) is 11.5 Å². The third kappa shape index (κ3) is 3.84. The van der Waals surface area contributed by atoms with Crippen molar-refractivity contribution in [3.8, 4) is 11.5 Å². The smallest absolute Gasteiger partial charge is 0.254 e. The summed E-state index contributed by atoms with van der Waals surface area (Å²) in [7, 11) is 1.58. The standard InChI is InChI=1S/C16H24N2O3.ClH/c1-4-21-14-6-5-13(8-15(14)20-3)16(19)18-10-12(9-17)7-11(18)2;/h5-6,8,11-12H,4,7,9-10,17H2,1-3H3;1H. The fraction of sp³-hybridized carbons (Fsp3) is 0.562. The maximum absolute atomic E-state index is 12.6. The Morgan fingerprint density at radius 1 is 1.41 bits per heavy atom. The first-order valence-electron chi connectivity index (χ1n) is 7.42. The number of benzene rings is 1. The molecule has 1 saturated heterocycles. The van der Waals surface area contributed by atoms with E-state index >= 15 is 0 Å². The van der Waals surface area contributed by atoms with Crippen molar-refractivity contribution < 1.29 is 14.3 Å². The minimum Gasteiger partial charge on any atom is -0.493 e. The highest BCUT2D eigenvalue weighted by Crippen LogP contribution is 2.30. The lowest BCUT2D eigenvalue weighted by Crippen LogP contribution is -2.34. The number of ether oxygens (including phenoxy) is 2. The van der Waals surface area contributed by atoms with Gasteiger partial charge in [-0.15, -0.1) is 12.4 Å². The number of hydrogen-bond acceptors (Lipinski definition) is 4. The topological polar surface area (TPSA) is 64.8 Å². The van der Waals surface area contributed by atoms with Gasteiger partial charge in [0.05, 0.1) is 13.7 Å². The van der Waals surface area contributed by atoms with Crippen molar-refractivity contribution in [2.45, 2.75) is 26.3 Å². The van der Waals surface area contributed by atoms with Crippen LogP contribution in [0.15, 0.2) is 18.2 Å². The van der Waals surface area contributed by atoms with Crippen LogP contribution in [0, 0.1) is 5.92 Å². The SMILES string of the molecule is CCOc1ccc(C(=O)N2CC(CN)CC2C)cc1OC.Cl. The second kappa shape index (κ2) is 8.25. The molecule has 2 rings (SSSR count). The molecule has 0 saturated carbocycles. The molecule has 0 aromatic heterocycles. The van der Waals surface area contributed by atoms with Gasteiger partial charge in [-0.05, 0) is 50.9 Å². The van der Waals surface area contributed by atoms with Gasteiger partial charge in [0.15, 0.2) is 11.5 Å². The van der Waals surface area contributed by atoms with Crippen LogP contribution in [0.25, 0.3) is 0 Å². The average Bonchev–Trinajstić information content (AvgIpc) is 2.88. The van der Waals surface area contributed by atoms with E-state index in [-0.39, 0.29) is 24.4 Å². The van der Waals surface area contributed by atoms with Gasteiger partial charge in [-0.1, -0.05) is 0 Å². The molecule has 1 fully saturated rings. The Kier molecular flexibility index (Phi) is 6.97. The molecule has 2 N–H and O–H groups in total. The van der Waals surface area contributed by atoms with E-state index in [4.69, 9.17) is 15.2 Å². The number of rotatable bonds is 5. The lowest BCUT2D eigenvalue weighted by molar-refractivity contribution is 0.0743. The van der Waals surface area contributed by atoms with Crippen molar-refractivity contribution in [1.82, 2.24) is 4.90 Å². The van der Waals surface area contributed by atoms with Crippen molar-refractivity contribution in [2.24, 2.45) is 11.7 Å². The molecule has 1 aromatic carbocycles. The van der Waals surface area contributed by atoms with Crippen molar-refractivity contribution in [2.75, 3.05) is 26.8 Å². The number of amides is 1. The van der Waals surface area contributed by atoms with Gasteiger partial charge in [0.2, 0.25) is 0 Å². The van der Waals surface area contributed by atoms with Crippen LogP contribution in [0.1, 0.15) is 30.6 Å². The van der Waals surface area contributed by atoms with Crippen molar-refractivity contribution in [3.63, 3.8) is 0 Å². The number of hydrogen-bond donors (Lipinski definition) is 1. The van der Waals surface area contributed by atoms with Gasteiger partial charge in [-0.25, -0.2) is 0 Å². The predicted octanol–water partition coefficient (Wildman–Crippen LogP) is 2.33. The third-order valence-electron chi connectivity index (χ3n) is 3.97. The summed E-state index contributed by atoms with van der Waals surface area (Å²) in [4.78, 5) is 14.5. The molecule has 2 unspecified atom stereocenters. The van der Waals surface area contributed by atoms with Crippen molar-refractivity contribution in [1.29, 1.82) is 0 Å². The van der Waals surface area contributed by atoms with E-state index in [1.165, 1.54) is 0 Å². The van der Waals surface area contributed by atoms with Crippen molar-refractivity contribution >= 4 is 18.3 Å². The van der Waals surface area contributed by atoms with Gasteiger partial charge in [-0.2, -0.15) is 0 Å². The van der Waals surface area contributed by atoms with E-state index in [9.17, 15) is 4.79 Å². The average molecular weight is 329 g/mol. The Morgan fingerprint density at radius 3 is 2.68 bits per heavy atom. The van der Waals surface area contributed by atoms with Gasteiger partial charge >= 0.3 is 0 Å². The van der Waals surface area contributed by atoms with Gasteiger partial charge in [0.25, 0.3) is 5.91 Å². The lowest BCUT2D eigenvalue weighted by atomic mass is 10.1. The largest absolute Gasteiger partial charge is 0.493 e. The summed E-state index contributed by atoms with van der Waals surface area (Å²) in [6.07, 6.45) is 0.969. The zero-order valence-corrected chi connectivity index (χ0v) is 14.2. The molecule has 1 amide bonds. The molecule has 0 spiro atoms. The van der Waals surface area contributed by atoms with Crippen molar-refractivity contribution in [3.05, 3.63) is 23.8 Å². The second-order valence-corrected chi connectivity index (χ2v) is 5.44. The molecule has 0 radical (unpaired) electrons. The maximum Gasteiger partial charge on any atom is 0.254 e. The summed E-state index contributed by atoms with van der Waals surface area (Å²) in [5.74, 6) is 1.67. The molecular formula is C16H25ClN2O3. The number of halogens is 1. The van der Waals surface area contributed by atoms with E-state index in [0.29, 0.717) is 36.1 Å². The highest BCUT2D eigenvalue weighted by atomic mass is 35.5. The van der Waals surface area contributed by atoms with Crippen LogP contribution in [-0.2, 0) is 0 Å². The first-order valence-corrected chi connectivity index (χ1v) is 7.42. The van der Waals surface area contributed by atoms with Crippen LogP contribution < -0.4 is 15.2 Å². The summed E-state index contributed by atoms with van der Waals surface area (Å²) >= 11 is 0. The fourth-order valence-corrected chi connectivity index (χ4v) is 2.84. The first kappa shape index (κ1) is 18.6. The molecule has 0 aliphatic carbocycles. The molecule has 1 aliphatic rings. The molecule has 22 heavy (non-hydrogen) atoms. The monoisotopic (exact) mass is 328 g/mol. The zero-order valence-electron chi connectivity index (χ0n) is 13.4. The molecule has 124 valence electrons. The maximum atomic E-state index is 12.6. The summed E-state index contributed by atoms with van der Waals surface area (Å²) < 4.78 is 10.8. The minimum atomic E-state index is 0. The molecule has 2 atom stereocenters. The predicted molar refractivity (Wildman–Crippen MR) is 89.1 cm³/mol. The van der Waals surface area contributed by atoms with Crippen LogP contribution in [-0.4, -0.2) is 43.7 Å². The summed E-state index contributed by atoms with van der Waals surface area (Å²) in [6, 6.07) is 5.55. The zero-order chi connectivity index (χ0) is 15.4. The molecule has 1 aliphatic heterocycles. The Labute approximate surface area is 138 Å². The number of methoxy groups -OCH3 is 1. The van der Waals surface area contributed by atoms with E-state index in [1.807, 2.05) is 11.8 Å². The van der Waals surface area contributed by atoms with Crippen LogP contribution in [0.4, 0.5) is 0 Å². The molecular weight excluding hydrogens is 304 g/mol. The summed E-state index contributed by atoms with van der Waals surface area (Å²) in [5.41, 5.74) is 6.35. The molecule has 5 nitrogen and oxygen atoms in total. The van der Waals surface area contributed by atoms with E-state index < -0.39 is 0 Å². The number of nitrogens with zero attached hydrogens (tertiary/aromatic N) is 1. The van der Waals surface area contributed by atoms with E-state index in [1.54, 1.807) is 25.3 Å². The van der Waals surface area contributed by atoms with E-state index in [0.717, 1.165) is 13.0 Å². The second-order valence-electron chi connectivity index (χ2n) is 5.44. The highest BCUT2D eigenvalue weighted by molar-refractivity contribution is 5.95.